The fraction of sp³-hybridized carbons (Fsp3) is 0.167. The molecule has 0 atom stereocenters. The van der Waals surface area contributed by atoms with Crippen LogP contribution >= 0.6 is 0 Å². The predicted molar refractivity (Wildman–Crippen MR) is 321 cm³/mol. The summed E-state index contributed by atoms with van der Waals surface area (Å²) < 4.78 is 159. The van der Waals surface area contributed by atoms with Crippen LogP contribution in [-0.2, 0) is 37.3 Å². The van der Waals surface area contributed by atoms with Crippen molar-refractivity contribution in [2.75, 3.05) is 0 Å². The topological polar surface area (TPSA) is 40.8 Å². The number of benzene rings is 9. The summed E-state index contributed by atoms with van der Waals surface area (Å²) in [4.78, 5) is 4.92. The van der Waals surface area contributed by atoms with Crippen LogP contribution < -0.4 is 9.30 Å². The van der Waals surface area contributed by atoms with Gasteiger partial charge in [-0.3, -0.25) is 4.57 Å². The summed E-state index contributed by atoms with van der Waals surface area (Å²) in [7, 11) is 0. The van der Waals surface area contributed by atoms with E-state index in [0.29, 0.717) is 61.2 Å². The van der Waals surface area contributed by atoms with Gasteiger partial charge >= 0.3 is 0 Å². The Kier molecular flexibility index (Phi) is 8.90. The molecule has 0 spiro atoms. The van der Waals surface area contributed by atoms with Gasteiger partial charge in [0, 0.05) is 60.7 Å². The van der Waals surface area contributed by atoms with Crippen LogP contribution in [0.15, 0.2) is 206 Å². The first-order chi connectivity index (χ1) is 44.2. The molecule has 79 heavy (non-hydrogen) atoms. The van der Waals surface area contributed by atoms with E-state index >= 15 is 0 Å². The van der Waals surface area contributed by atoms with Crippen molar-refractivity contribution in [3.05, 3.63) is 241 Å². The van der Waals surface area contributed by atoms with Crippen LogP contribution in [-0.4, -0.2) is 18.7 Å². The zero-order valence-corrected chi connectivity index (χ0v) is 47.1. The Labute approximate surface area is 500 Å². The summed E-state index contributed by atoms with van der Waals surface area (Å²) in [6.45, 7) is 17.7. The molecule has 0 bridgehead atoms. The van der Waals surface area contributed by atoms with Crippen molar-refractivity contribution in [3.63, 3.8) is 0 Å². The second-order valence-corrected chi connectivity index (χ2v) is 22.5. The van der Waals surface area contributed by atoms with Gasteiger partial charge in [-0.25, -0.2) is 4.98 Å². The minimum Gasteiger partial charge on any atom is -0.510 e. The fourth-order valence-corrected chi connectivity index (χ4v) is 10.1. The quantitative estimate of drug-likeness (QED) is 0.112. The largest absolute Gasteiger partial charge is 0.510 e. The van der Waals surface area contributed by atoms with E-state index in [1.165, 1.54) is 0 Å². The second kappa shape index (κ2) is 19.5. The molecule has 0 aliphatic carbocycles. The zero-order chi connectivity index (χ0) is 67.6. The zero-order valence-electron chi connectivity index (χ0n) is 60.9. The predicted octanol–water partition coefficient (Wildman–Crippen LogP) is 17.9. The molecule has 0 saturated carbocycles. The normalized spacial score (nSPS) is 15.1. The maximum absolute atomic E-state index is 9.79. The third-order valence-electron chi connectivity index (χ3n) is 14.1. The Morgan fingerprint density at radius 1 is 0.506 bits per heavy atom. The Hall–Kier alpha value is -8.31. The number of ether oxygens (including phenoxy) is 1. The van der Waals surface area contributed by atoms with Crippen LogP contribution in [0.25, 0.3) is 99.8 Å². The molecule has 0 aliphatic rings. The summed E-state index contributed by atoms with van der Waals surface area (Å²) in [5.74, 6) is 1.11. The Bertz CT molecular complexity index is 5230. The van der Waals surface area contributed by atoms with Gasteiger partial charge < -0.3 is 18.4 Å². The van der Waals surface area contributed by atoms with Gasteiger partial charge in [0.25, 0.3) is 6.33 Å². The summed E-state index contributed by atoms with van der Waals surface area (Å²) in [6, 6.07) is 31.1. The van der Waals surface area contributed by atoms with E-state index in [4.69, 9.17) is 23.4 Å². The standard InChI is InChI=1S/C72H61N5O.Pt/c1-70(2,3)49-30-35-62-59(40-49)60-41-50(71(4,5)6)31-36-63(60)76(62)53-32-37-64-61(44-53)58-34-33-55(45-67(58)77(64)68-42-51(38-39-73-68)72(7,8)9)78-54-25-18-24-52(43-54)74-46-75(66-29-17-16-28-65(66)74)69-56(47-20-12-10-13-21-47)26-19-27-57(69)48-22-14-11-15-23-48;/h10-42,44H,1-9H3;/q-2;/i10D,11D,12D,13D,14D,15D,20D,21D,22D,23D,30D,31D,35D,36D,40D,41D;. The molecule has 0 aliphatic heterocycles. The molecule has 4 aromatic heterocycles. The first-order valence-electron chi connectivity index (χ1n) is 33.7. The molecular weight excluding hydrogens is 1150 g/mol. The third kappa shape index (κ3) is 9.16. The molecule has 0 N–H and O–H groups in total. The van der Waals surface area contributed by atoms with Gasteiger partial charge in [-0.1, -0.05) is 183 Å². The molecule has 6 nitrogen and oxygen atoms in total. The monoisotopic (exact) mass is 1220 g/mol. The van der Waals surface area contributed by atoms with Crippen molar-refractivity contribution in [1.82, 2.24) is 18.7 Å². The maximum Gasteiger partial charge on any atom is 0.268 e. The molecule has 13 rings (SSSR count). The van der Waals surface area contributed by atoms with Gasteiger partial charge in [-0.2, -0.15) is 18.2 Å². The Morgan fingerprint density at radius 3 is 1.75 bits per heavy atom. The van der Waals surface area contributed by atoms with E-state index in [1.54, 1.807) is 74.5 Å². The van der Waals surface area contributed by atoms with Crippen LogP contribution in [0.1, 0.15) is 101 Å². The third-order valence-corrected chi connectivity index (χ3v) is 14.1. The van der Waals surface area contributed by atoms with Gasteiger partial charge in [0.1, 0.15) is 5.82 Å². The van der Waals surface area contributed by atoms with Crippen LogP contribution in [0, 0.1) is 18.5 Å². The van der Waals surface area contributed by atoms with Gasteiger partial charge in [-0.05, 0) is 121 Å². The Morgan fingerprint density at radius 2 is 1.11 bits per heavy atom. The van der Waals surface area contributed by atoms with Crippen LogP contribution in [0.3, 0.4) is 0 Å². The number of para-hydroxylation sites is 3. The van der Waals surface area contributed by atoms with Gasteiger partial charge in [0.15, 0.2) is 0 Å². The van der Waals surface area contributed by atoms with Gasteiger partial charge in [0.2, 0.25) is 0 Å². The van der Waals surface area contributed by atoms with Gasteiger partial charge in [-0.15, -0.1) is 29.7 Å². The average Bonchev–Trinajstić information content (AvgIpc) is 1.56. The van der Waals surface area contributed by atoms with E-state index in [2.05, 4.69) is 39.2 Å². The molecule has 9 aromatic carbocycles. The van der Waals surface area contributed by atoms with Crippen molar-refractivity contribution >= 4 is 54.6 Å². The molecule has 0 fully saturated rings. The average molecular weight is 1220 g/mol. The number of fused-ring (bicyclic) bond motifs is 7. The molecule has 4 heterocycles. The summed E-state index contributed by atoms with van der Waals surface area (Å²) >= 11 is 0. The number of aromatic nitrogens is 5. The number of hydrogen-bond acceptors (Lipinski definition) is 2. The first kappa shape index (κ1) is 36.0. The number of pyridine rings is 1. The number of hydrogen-bond donors (Lipinski definition) is 0. The van der Waals surface area contributed by atoms with E-state index < -0.39 is 71.3 Å². The van der Waals surface area contributed by atoms with Crippen LogP contribution in [0.5, 0.6) is 11.5 Å². The minimum absolute atomic E-state index is 0. The Balaban J connectivity index is 0.00000864. The molecule has 0 unspecified atom stereocenters. The molecule has 0 saturated heterocycles. The van der Waals surface area contributed by atoms with Gasteiger partial charge in [0.05, 0.1) is 49.7 Å². The maximum atomic E-state index is 9.79. The van der Waals surface area contributed by atoms with E-state index in [-0.39, 0.29) is 124 Å². The summed E-state index contributed by atoms with van der Waals surface area (Å²) in [5, 5.41) is 1.96. The van der Waals surface area contributed by atoms with Crippen molar-refractivity contribution in [2.45, 2.75) is 78.6 Å². The summed E-state index contributed by atoms with van der Waals surface area (Å²) in [5.41, 5.74) is 3.46. The molecule has 0 radical (unpaired) electrons. The number of imidazole rings is 1. The van der Waals surface area contributed by atoms with Crippen molar-refractivity contribution in [1.29, 1.82) is 0 Å². The van der Waals surface area contributed by atoms with Crippen LogP contribution in [0.2, 0.25) is 0 Å². The van der Waals surface area contributed by atoms with Crippen molar-refractivity contribution < 1.29 is 52.3 Å². The van der Waals surface area contributed by atoms with E-state index in [9.17, 15) is 8.22 Å². The molecular formula is C72H61N5OPt-2. The number of rotatable bonds is 8. The van der Waals surface area contributed by atoms with E-state index in [1.807, 2.05) is 94.6 Å². The van der Waals surface area contributed by atoms with Crippen molar-refractivity contribution in [2.24, 2.45) is 0 Å². The minimum atomic E-state index is -0.729. The number of nitrogens with zero attached hydrogens (tertiary/aromatic N) is 5. The first-order valence-corrected chi connectivity index (χ1v) is 25.7. The second-order valence-electron chi connectivity index (χ2n) is 22.5. The molecule has 392 valence electrons. The van der Waals surface area contributed by atoms with Crippen molar-refractivity contribution in [3.8, 4) is 56.6 Å². The molecule has 7 heteroatoms. The SMILES string of the molecule is [2H]c1c([2H])c([2H])c(-c2cccc(-c3c([2H])c([2H])c([2H])c([2H])c3[2H])c2-[n+]2[c-]n(-c3[c-]c(Oc4[c-]c5c(cc4)c4cc(-n6c7c([2H])c([2H])c(C(C)(C)C)c([2H])c7c7c([2H])c(C(C)(C)C)c([2H])c([2H])c76)ccc4n5-c4cc(C(C)(C)C)ccn4)ccc3)c3ccccc32)c([2H])c1[2H].[Pt]. The van der Waals surface area contributed by atoms with Crippen LogP contribution in [0.4, 0.5) is 0 Å². The summed E-state index contributed by atoms with van der Waals surface area (Å²) in [6.07, 6.45) is 5.16. The molecule has 0 amide bonds. The fourth-order valence-electron chi connectivity index (χ4n) is 10.1. The van der Waals surface area contributed by atoms with E-state index in [0.717, 1.165) is 5.56 Å². The molecule has 13 aromatic rings. The smallest absolute Gasteiger partial charge is 0.268 e.